The molecule has 2 aliphatic heterocycles. The van der Waals surface area contributed by atoms with Crippen molar-refractivity contribution < 1.29 is 19.1 Å². The van der Waals surface area contributed by atoms with Crippen LogP contribution in [0.1, 0.15) is 42.7 Å². The summed E-state index contributed by atoms with van der Waals surface area (Å²) in [4.78, 5) is 35.2. The predicted octanol–water partition coefficient (Wildman–Crippen LogP) is 5.09. The van der Waals surface area contributed by atoms with Gasteiger partial charge in [-0.3, -0.25) is 9.79 Å². The molecule has 192 valence electrons. The number of dihydropyridines is 1. The van der Waals surface area contributed by atoms with Crippen LogP contribution in [0.2, 0.25) is 0 Å². The molecule has 0 fully saturated rings. The molecule has 2 atom stereocenters. The first-order valence-corrected chi connectivity index (χ1v) is 12.8. The van der Waals surface area contributed by atoms with Crippen molar-refractivity contribution in [1.29, 1.82) is 0 Å². The molecule has 0 saturated carbocycles. The maximum absolute atomic E-state index is 14.0. The summed E-state index contributed by atoms with van der Waals surface area (Å²) in [6, 6.07) is 15.8. The van der Waals surface area contributed by atoms with E-state index in [1.807, 2.05) is 73.8 Å². The quantitative estimate of drug-likeness (QED) is 0.454. The van der Waals surface area contributed by atoms with Gasteiger partial charge in [0.25, 0.3) is 0 Å². The molecule has 3 aliphatic rings. The molecule has 7 heteroatoms. The number of H-pyrrole nitrogens is 1. The zero-order valence-electron chi connectivity index (χ0n) is 21.4. The summed E-state index contributed by atoms with van der Waals surface area (Å²) in [5.74, 6) is -0.207. The highest BCUT2D eigenvalue weighted by Gasteiger charge is 2.42. The lowest BCUT2D eigenvalue weighted by atomic mass is 9.71. The number of hydrogen-bond acceptors (Lipinski definition) is 6. The van der Waals surface area contributed by atoms with Crippen LogP contribution >= 0.6 is 0 Å². The van der Waals surface area contributed by atoms with Crippen molar-refractivity contribution in [2.24, 2.45) is 4.99 Å². The summed E-state index contributed by atoms with van der Waals surface area (Å²) in [6.07, 6.45) is 6.66. The number of ether oxygens (including phenoxy) is 2. The smallest absolute Gasteiger partial charge is 0.337 e. The molecule has 3 aromatic rings. The van der Waals surface area contributed by atoms with Crippen LogP contribution in [-0.4, -0.2) is 42.7 Å². The highest BCUT2D eigenvalue weighted by molar-refractivity contribution is 6.06. The van der Waals surface area contributed by atoms with Gasteiger partial charge >= 0.3 is 5.97 Å². The third-order valence-electron chi connectivity index (χ3n) is 7.63. The van der Waals surface area contributed by atoms with Crippen molar-refractivity contribution >= 4 is 28.4 Å². The highest BCUT2D eigenvalue weighted by Crippen LogP contribution is 2.48. The summed E-state index contributed by atoms with van der Waals surface area (Å²) in [5.41, 5.74) is 6.26. The maximum atomic E-state index is 14.0. The lowest BCUT2D eigenvalue weighted by Gasteiger charge is -2.37. The number of ketones is 1. The molecule has 0 radical (unpaired) electrons. The number of esters is 1. The fourth-order valence-electron chi connectivity index (χ4n) is 5.93. The normalized spacial score (nSPS) is 20.9. The highest BCUT2D eigenvalue weighted by atomic mass is 16.5. The van der Waals surface area contributed by atoms with E-state index in [0.29, 0.717) is 36.2 Å². The van der Waals surface area contributed by atoms with Crippen molar-refractivity contribution in [3.63, 3.8) is 0 Å². The molecule has 0 spiro atoms. The molecule has 1 aromatic heterocycles. The zero-order chi connectivity index (χ0) is 26.2. The summed E-state index contributed by atoms with van der Waals surface area (Å²) < 4.78 is 11.3. The number of para-hydroxylation sites is 1. The SMILES string of the molecule is COc1ccccc1[C@H]1CC(=O)C2=C(C1)NC(C)=C(C(=O)OCC1=NCC=C1)C2c1cccc2[nH]ccc12. The lowest BCUT2D eigenvalue weighted by Crippen LogP contribution is -2.36. The topological polar surface area (TPSA) is 92.8 Å². The number of hydrogen-bond donors (Lipinski definition) is 2. The van der Waals surface area contributed by atoms with Crippen LogP contribution in [-0.2, 0) is 14.3 Å². The van der Waals surface area contributed by atoms with Crippen LogP contribution in [0, 0.1) is 0 Å². The number of carbonyl (C=O) groups is 2. The van der Waals surface area contributed by atoms with Crippen molar-refractivity contribution in [2.45, 2.75) is 31.6 Å². The van der Waals surface area contributed by atoms with E-state index < -0.39 is 11.9 Å². The number of carbonyl (C=O) groups excluding carboxylic acids is 2. The fraction of sp³-hybridized carbons (Fsp3) is 0.258. The average Bonchev–Trinajstić information content (AvgIpc) is 3.63. The summed E-state index contributed by atoms with van der Waals surface area (Å²) in [7, 11) is 1.65. The van der Waals surface area contributed by atoms with Crippen LogP contribution in [0.3, 0.4) is 0 Å². The number of rotatable bonds is 6. The van der Waals surface area contributed by atoms with Crippen LogP contribution in [0.5, 0.6) is 5.75 Å². The van der Waals surface area contributed by atoms with E-state index in [1.54, 1.807) is 7.11 Å². The number of aliphatic imine (C=N–C) groups is 1. The number of nitrogens with zero attached hydrogens (tertiary/aromatic N) is 1. The van der Waals surface area contributed by atoms with Crippen molar-refractivity contribution in [3.8, 4) is 5.75 Å². The van der Waals surface area contributed by atoms with E-state index in [0.717, 1.165) is 39.2 Å². The second-order valence-corrected chi connectivity index (χ2v) is 9.86. The number of benzene rings is 2. The first-order chi connectivity index (χ1) is 18.5. The monoisotopic (exact) mass is 507 g/mol. The van der Waals surface area contributed by atoms with Gasteiger partial charge in [0.1, 0.15) is 12.4 Å². The molecular weight excluding hydrogens is 478 g/mol. The molecule has 1 aliphatic carbocycles. The standard InChI is InChI=1S/C31H29N3O4/c1-18-28(31(36)38-17-20-7-6-13-32-20)29(23-9-5-10-24-22(23)12-14-33-24)30-25(34-18)15-19(16-26(30)35)21-8-3-4-11-27(21)37-2/h3-12,14,19,29,33-34H,13,15-17H2,1-2H3/t19-,29?/m1/s1. The van der Waals surface area contributed by atoms with Gasteiger partial charge in [-0.15, -0.1) is 0 Å². The maximum Gasteiger partial charge on any atom is 0.337 e. The van der Waals surface area contributed by atoms with Gasteiger partial charge in [-0.1, -0.05) is 36.4 Å². The minimum Gasteiger partial charge on any atom is -0.496 e. The van der Waals surface area contributed by atoms with Gasteiger partial charge in [-0.05, 0) is 48.7 Å². The van der Waals surface area contributed by atoms with Crippen molar-refractivity contribution in [3.05, 3.63) is 101 Å². The Bertz CT molecular complexity index is 1570. The Morgan fingerprint density at radius 2 is 1.92 bits per heavy atom. The van der Waals surface area contributed by atoms with E-state index >= 15 is 0 Å². The van der Waals surface area contributed by atoms with Crippen LogP contribution in [0.4, 0.5) is 0 Å². The Morgan fingerprint density at radius 3 is 2.74 bits per heavy atom. The van der Waals surface area contributed by atoms with Crippen LogP contribution in [0.25, 0.3) is 10.9 Å². The first-order valence-electron chi connectivity index (χ1n) is 12.8. The molecule has 38 heavy (non-hydrogen) atoms. The number of aromatic nitrogens is 1. The third kappa shape index (κ3) is 4.14. The molecule has 0 saturated heterocycles. The number of aromatic amines is 1. The number of nitrogens with one attached hydrogen (secondary N) is 2. The number of Topliss-reactive ketones (excluding diaryl/α,β-unsaturated/α-hetero) is 1. The van der Waals surface area contributed by atoms with E-state index in [2.05, 4.69) is 15.3 Å². The molecule has 7 nitrogen and oxygen atoms in total. The Kier molecular flexibility index (Phi) is 6.19. The fourth-order valence-corrected chi connectivity index (χ4v) is 5.93. The van der Waals surface area contributed by atoms with Gasteiger partial charge in [0, 0.05) is 52.3 Å². The second kappa shape index (κ2) is 9.82. The van der Waals surface area contributed by atoms with Crippen molar-refractivity contribution in [2.75, 3.05) is 20.3 Å². The number of methoxy groups -OCH3 is 1. The van der Waals surface area contributed by atoms with Gasteiger partial charge in [0.15, 0.2) is 5.78 Å². The predicted molar refractivity (Wildman–Crippen MR) is 146 cm³/mol. The largest absolute Gasteiger partial charge is 0.496 e. The Labute approximate surface area is 220 Å². The molecule has 2 aromatic carbocycles. The van der Waals surface area contributed by atoms with Gasteiger partial charge in [-0.25, -0.2) is 4.79 Å². The number of allylic oxidation sites excluding steroid dienone is 3. The summed E-state index contributed by atoms with van der Waals surface area (Å²) in [5, 5.41) is 4.41. The minimum atomic E-state index is -0.537. The van der Waals surface area contributed by atoms with E-state index in [9.17, 15) is 9.59 Å². The van der Waals surface area contributed by atoms with Crippen LogP contribution in [0.15, 0.2) is 94.4 Å². The van der Waals surface area contributed by atoms with E-state index in [4.69, 9.17) is 9.47 Å². The van der Waals surface area contributed by atoms with E-state index in [-0.39, 0.29) is 18.3 Å². The van der Waals surface area contributed by atoms with E-state index in [1.165, 1.54) is 0 Å². The zero-order valence-corrected chi connectivity index (χ0v) is 21.4. The molecule has 0 amide bonds. The molecule has 1 unspecified atom stereocenters. The molecule has 3 heterocycles. The van der Waals surface area contributed by atoms with Crippen LogP contribution < -0.4 is 10.1 Å². The Morgan fingerprint density at radius 1 is 1.08 bits per heavy atom. The molecule has 2 N–H and O–H groups in total. The Balaban J connectivity index is 1.43. The Hall–Kier alpha value is -4.39. The molecule has 6 rings (SSSR count). The lowest BCUT2D eigenvalue weighted by molar-refractivity contribution is -0.137. The number of fused-ring (bicyclic) bond motifs is 1. The average molecular weight is 508 g/mol. The van der Waals surface area contributed by atoms with Gasteiger partial charge in [0.2, 0.25) is 0 Å². The van der Waals surface area contributed by atoms with Crippen molar-refractivity contribution in [1.82, 2.24) is 10.3 Å². The second-order valence-electron chi connectivity index (χ2n) is 9.86. The molecule has 0 bridgehead atoms. The summed E-state index contributed by atoms with van der Waals surface area (Å²) in [6.45, 7) is 2.59. The van der Waals surface area contributed by atoms with Gasteiger partial charge in [-0.2, -0.15) is 0 Å². The summed E-state index contributed by atoms with van der Waals surface area (Å²) >= 11 is 0. The van der Waals surface area contributed by atoms with Gasteiger partial charge in [0.05, 0.1) is 24.9 Å². The first kappa shape index (κ1) is 24.0. The third-order valence-corrected chi connectivity index (χ3v) is 7.63. The minimum absolute atomic E-state index is 0.0214. The molecular formula is C31H29N3O4. The van der Waals surface area contributed by atoms with Gasteiger partial charge < -0.3 is 19.8 Å².